The van der Waals surface area contributed by atoms with E-state index >= 15 is 0 Å². The van der Waals surface area contributed by atoms with Crippen molar-refractivity contribution in [1.82, 2.24) is 10.2 Å². The fourth-order valence-electron chi connectivity index (χ4n) is 2.62. The lowest BCUT2D eigenvalue weighted by atomic mass is 10.0. The van der Waals surface area contributed by atoms with E-state index in [1.54, 1.807) is 25.1 Å². The number of nitrogens with one attached hydrogen (secondary N) is 1. The van der Waals surface area contributed by atoms with E-state index in [1.165, 1.54) is 0 Å². The second kappa shape index (κ2) is 9.44. The maximum atomic E-state index is 12.3. The molecular formula is C18H25ClN2O4. The quantitative estimate of drug-likeness (QED) is 0.758. The standard InChI is InChI=1S/C18H24N2O4.ClH/c1-12-14-6-5-13(23-4)11-16(14)24-18(22)15(12)7-8-17(21)20(3)10-9-19-2;/h5-6,11,19H,7-10H2,1-4H3;1H. The molecule has 0 aliphatic carbocycles. The zero-order chi connectivity index (χ0) is 17.7. The number of ether oxygens (including phenoxy) is 1. The lowest BCUT2D eigenvalue weighted by molar-refractivity contribution is -0.129. The maximum absolute atomic E-state index is 12.3. The highest BCUT2D eigenvalue weighted by atomic mass is 35.5. The van der Waals surface area contributed by atoms with Gasteiger partial charge in [-0.3, -0.25) is 4.79 Å². The number of fused-ring (bicyclic) bond motifs is 1. The van der Waals surface area contributed by atoms with E-state index in [1.807, 2.05) is 26.1 Å². The fourth-order valence-corrected chi connectivity index (χ4v) is 2.62. The predicted octanol–water partition coefficient (Wildman–Crippen LogP) is 2.14. The van der Waals surface area contributed by atoms with Crippen molar-refractivity contribution in [2.24, 2.45) is 0 Å². The van der Waals surface area contributed by atoms with E-state index in [2.05, 4.69) is 5.32 Å². The van der Waals surface area contributed by atoms with Gasteiger partial charge in [0.2, 0.25) is 5.91 Å². The van der Waals surface area contributed by atoms with Crippen LogP contribution in [0.1, 0.15) is 17.5 Å². The van der Waals surface area contributed by atoms with Crippen molar-refractivity contribution in [2.75, 3.05) is 34.3 Å². The molecule has 7 heteroatoms. The molecule has 138 valence electrons. The first-order chi connectivity index (χ1) is 11.5. The molecule has 0 aliphatic heterocycles. The van der Waals surface area contributed by atoms with Crippen LogP contribution in [-0.4, -0.2) is 45.1 Å². The largest absolute Gasteiger partial charge is 0.497 e. The number of hydrogen-bond donors (Lipinski definition) is 1. The molecule has 1 heterocycles. The van der Waals surface area contributed by atoms with Gasteiger partial charge < -0.3 is 19.4 Å². The van der Waals surface area contributed by atoms with Gasteiger partial charge in [-0.15, -0.1) is 12.4 Å². The molecule has 1 N–H and O–H groups in total. The third-order valence-electron chi connectivity index (χ3n) is 4.21. The van der Waals surface area contributed by atoms with Crippen LogP contribution in [0.15, 0.2) is 27.4 Å². The van der Waals surface area contributed by atoms with E-state index < -0.39 is 0 Å². The molecular weight excluding hydrogens is 344 g/mol. The van der Waals surface area contributed by atoms with Gasteiger partial charge in [-0.05, 0) is 38.1 Å². The van der Waals surface area contributed by atoms with Gasteiger partial charge in [0.1, 0.15) is 11.3 Å². The Morgan fingerprint density at radius 1 is 1.36 bits per heavy atom. The zero-order valence-electron chi connectivity index (χ0n) is 15.0. The molecule has 0 radical (unpaired) electrons. The summed E-state index contributed by atoms with van der Waals surface area (Å²) in [5.74, 6) is 0.651. The monoisotopic (exact) mass is 368 g/mol. The number of likely N-dealkylation sites (N-methyl/N-ethyl adjacent to an activating group) is 2. The smallest absolute Gasteiger partial charge is 0.339 e. The summed E-state index contributed by atoms with van der Waals surface area (Å²) in [7, 11) is 5.18. The highest BCUT2D eigenvalue weighted by Crippen LogP contribution is 2.24. The van der Waals surface area contributed by atoms with Crippen LogP contribution in [0.3, 0.4) is 0 Å². The average molecular weight is 369 g/mol. The fraction of sp³-hybridized carbons (Fsp3) is 0.444. The Balaban J connectivity index is 0.00000312. The number of carbonyl (C=O) groups excluding carboxylic acids is 1. The van der Waals surface area contributed by atoms with Crippen LogP contribution < -0.4 is 15.7 Å². The maximum Gasteiger partial charge on any atom is 0.339 e. The van der Waals surface area contributed by atoms with Gasteiger partial charge in [-0.1, -0.05) is 0 Å². The summed E-state index contributed by atoms with van der Waals surface area (Å²) in [5, 5.41) is 3.87. The van der Waals surface area contributed by atoms with Crippen LogP contribution >= 0.6 is 12.4 Å². The van der Waals surface area contributed by atoms with Gasteiger partial charge in [0.05, 0.1) is 7.11 Å². The number of amides is 1. The number of aryl methyl sites for hydroxylation is 1. The summed E-state index contributed by atoms with van der Waals surface area (Å²) >= 11 is 0. The zero-order valence-corrected chi connectivity index (χ0v) is 15.9. The Hall–Kier alpha value is -2.05. The van der Waals surface area contributed by atoms with Crippen molar-refractivity contribution in [3.05, 3.63) is 39.7 Å². The van der Waals surface area contributed by atoms with Crippen LogP contribution in [0.4, 0.5) is 0 Å². The normalized spacial score (nSPS) is 10.4. The Bertz CT molecular complexity index is 788. The van der Waals surface area contributed by atoms with E-state index in [9.17, 15) is 9.59 Å². The minimum atomic E-state index is -0.390. The number of hydrogen-bond acceptors (Lipinski definition) is 5. The molecule has 0 fully saturated rings. The minimum Gasteiger partial charge on any atom is -0.497 e. The highest BCUT2D eigenvalue weighted by molar-refractivity contribution is 5.85. The molecule has 0 aliphatic rings. The molecule has 2 aromatic rings. The molecule has 6 nitrogen and oxygen atoms in total. The lowest BCUT2D eigenvalue weighted by Crippen LogP contribution is -2.33. The van der Waals surface area contributed by atoms with Gasteiger partial charge in [-0.25, -0.2) is 4.79 Å². The van der Waals surface area contributed by atoms with Crippen LogP contribution in [0.5, 0.6) is 5.75 Å². The van der Waals surface area contributed by atoms with Gasteiger partial charge in [0.25, 0.3) is 0 Å². The first-order valence-corrected chi connectivity index (χ1v) is 7.96. The molecule has 1 aromatic carbocycles. The third kappa shape index (κ3) is 4.96. The number of rotatable bonds is 7. The molecule has 1 amide bonds. The molecule has 0 unspecified atom stereocenters. The summed E-state index contributed by atoms with van der Waals surface area (Å²) in [6.07, 6.45) is 0.659. The lowest BCUT2D eigenvalue weighted by Gasteiger charge is -2.17. The molecule has 0 saturated carbocycles. The summed E-state index contributed by atoms with van der Waals surface area (Å²) < 4.78 is 10.6. The summed E-state index contributed by atoms with van der Waals surface area (Å²) in [4.78, 5) is 26.1. The molecule has 0 atom stereocenters. The van der Waals surface area contributed by atoms with Crippen LogP contribution in [0.25, 0.3) is 11.0 Å². The number of methoxy groups -OCH3 is 1. The van der Waals surface area contributed by atoms with E-state index in [-0.39, 0.29) is 30.4 Å². The summed E-state index contributed by atoms with van der Waals surface area (Å²) in [6, 6.07) is 5.40. The first kappa shape index (κ1) is 21.0. The second-order valence-corrected chi connectivity index (χ2v) is 5.77. The molecule has 0 spiro atoms. The first-order valence-electron chi connectivity index (χ1n) is 7.96. The van der Waals surface area contributed by atoms with Crippen LogP contribution in [0.2, 0.25) is 0 Å². The third-order valence-corrected chi connectivity index (χ3v) is 4.21. The number of benzene rings is 1. The molecule has 25 heavy (non-hydrogen) atoms. The summed E-state index contributed by atoms with van der Waals surface area (Å²) in [6.45, 7) is 3.26. The number of nitrogens with zero attached hydrogens (tertiary/aromatic N) is 1. The second-order valence-electron chi connectivity index (χ2n) is 5.77. The van der Waals surface area contributed by atoms with E-state index in [4.69, 9.17) is 9.15 Å². The Morgan fingerprint density at radius 2 is 2.08 bits per heavy atom. The summed E-state index contributed by atoms with van der Waals surface area (Å²) in [5.41, 5.74) is 1.52. The van der Waals surface area contributed by atoms with Crippen LogP contribution in [-0.2, 0) is 11.2 Å². The van der Waals surface area contributed by atoms with E-state index in [0.717, 1.165) is 17.5 Å². The van der Waals surface area contributed by atoms with Crippen molar-refractivity contribution in [2.45, 2.75) is 19.8 Å². The van der Waals surface area contributed by atoms with Crippen molar-refractivity contribution in [3.8, 4) is 5.75 Å². The van der Waals surface area contributed by atoms with E-state index in [0.29, 0.717) is 29.9 Å². The van der Waals surface area contributed by atoms with Crippen molar-refractivity contribution >= 4 is 29.3 Å². The van der Waals surface area contributed by atoms with Gasteiger partial charge in [-0.2, -0.15) is 0 Å². The Kier molecular flexibility index (Phi) is 7.93. The van der Waals surface area contributed by atoms with Crippen molar-refractivity contribution in [1.29, 1.82) is 0 Å². The van der Waals surface area contributed by atoms with Crippen molar-refractivity contribution < 1.29 is 13.9 Å². The Labute approximate surface area is 153 Å². The molecule has 1 aromatic heterocycles. The van der Waals surface area contributed by atoms with Crippen LogP contribution in [0, 0.1) is 6.92 Å². The topological polar surface area (TPSA) is 71.8 Å². The number of carbonyl (C=O) groups is 1. The SMILES string of the molecule is CNCCN(C)C(=O)CCc1c(C)c2ccc(OC)cc2oc1=O.Cl. The number of halogens is 1. The Morgan fingerprint density at radius 3 is 2.72 bits per heavy atom. The van der Waals surface area contributed by atoms with Gasteiger partial charge in [0.15, 0.2) is 0 Å². The highest BCUT2D eigenvalue weighted by Gasteiger charge is 2.15. The van der Waals surface area contributed by atoms with Gasteiger partial charge >= 0.3 is 5.63 Å². The predicted molar refractivity (Wildman–Crippen MR) is 101 cm³/mol. The molecule has 0 saturated heterocycles. The average Bonchev–Trinajstić information content (AvgIpc) is 2.58. The minimum absolute atomic E-state index is 0. The van der Waals surface area contributed by atoms with Crippen molar-refractivity contribution in [3.63, 3.8) is 0 Å². The molecule has 2 rings (SSSR count). The molecule has 0 bridgehead atoms. The van der Waals surface area contributed by atoms with Gasteiger partial charge in [0, 0.05) is 43.6 Å².